The first-order valence-electron chi connectivity index (χ1n) is 13.9. The van der Waals surface area contributed by atoms with Crippen molar-refractivity contribution in [1.29, 1.82) is 5.41 Å². The van der Waals surface area contributed by atoms with Crippen LogP contribution in [0.3, 0.4) is 0 Å². The first-order valence-corrected chi connectivity index (χ1v) is 13.9. The Morgan fingerprint density at radius 2 is 1.93 bits per heavy atom. The molecule has 2 N–H and O–H groups in total. The standard InChI is InChI=1S/C31H34F2N6O2/c1-3-41-30(40)25-15-24(21-9-10-26(36-19-21)39-13-11-20(12-14-39)18-35-2)27(28(34)22-16-31(32,33)17-22)29(38-25)37-23-7-5-4-6-8-23/h4-10,15,18-20,22,34H,3,11-14,16-17H2,1-2H3,(H,37,38). The van der Waals surface area contributed by atoms with E-state index in [1.165, 1.54) is 0 Å². The normalized spacial score (nSPS) is 17.3. The Bertz CT molecular complexity index is 1410. The number of carbonyl (C=O) groups excluding carboxylic acids is 1. The molecular weight excluding hydrogens is 526 g/mol. The van der Waals surface area contributed by atoms with Crippen molar-refractivity contribution in [1.82, 2.24) is 9.97 Å². The molecule has 1 aliphatic carbocycles. The second kappa shape index (κ2) is 12.1. The third-order valence-electron chi connectivity index (χ3n) is 7.59. The lowest BCUT2D eigenvalue weighted by Gasteiger charge is -2.36. The zero-order chi connectivity index (χ0) is 29.0. The predicted octanol–water partition coefficient (Wildman–Crippen LogP) is 6.39. The van der Waals surface area contributed by atoms with E-state index in [0.29, 0.717) is 28.3 Å². The maximum Gasteiger partial charge on any atom is 0.357 e. The highest BCUT2D eigenvalue weighted by Crippen LogP contribution is 2.46. The minimum absolute atomic E-state index is 0.0519. The molecule has 5 rings (SSSR count). The number of anilines is 3. The van der Waals surface area contributed by atoms with Gasteiger partial charge in [0.15, 0.2) is 5.69 Å². The van der Waals surface area contributed by atoms with Crippen molar-refractivity contribution in [3.63, 3.8) is 0 Å². The van der Waals surface area contributed by atoms with E-state index in [0.717, 1.165) is 31.7 Å². The zero-order valence-electron chi connectivity index (χ0n) is 23.2. The summed E-state index contributed by atoms with van der Waals surface area (Å²) in [6, 6.07) is 14.6. The maximum atomic E-state index is 13.9. The minimum atomic E-state index is -2.79. The van der Waals surface area contributed by atoms with Crippen molar-refractivity contribution in [2.45, 2.75) is 38.5 Å². The SMILES string of the molecule is CCOC(=O)c1cc(-c2ccc(N3CCC(C=NC)CC3)nc2)c(C(=N)C2CC(F)(F)C2)c(Nc2ccccc2)n1. The molecule has 41 heavy (non-hydrogen) atoms. The van der Waals surface area contributed by atoms with Gasteiger partial charge in [0.1, 0.15) is 11.6 Å². The van der Waals surface area contributed by atoms with Gasteiger partial charge in [0.2, 0.25) is 5.92 Å². The Morgan fingerprint density at radius 3 is 2.54 bits per heavy atom. The van der Waals surface area contributed by atoms with Crippen molar-refractivity contribution in [2.75, 3.05) is 37.0 Å². The van der Waals surface area contributed by atoms with Crippen molar-refractivity contribution in [3.05, 3.63) is 66.0 Å². The van der Waals surface area contributed by atoms with Crippen LogP contribution in [0.4, 0.5) is 26.1 Å². The van der Waals surface area contributed by atoms with Crippen molar-refractivity contribution < 1.29 is 18.3 Å². The molecule has 0 bridgehead atoms. The maximum absolute atomic E-state index is 13.9. The summed E-state index contributed by atoms with van der Waals surface area (Å²) in [5.41, 5.74) is 2.33. The van der Waals surface area contributed by atoms with Gasteiger partial charge in [-0.25, -0.2) is 23.5 Å². The lowest BCUT2D eigenvalue weighted by atomic mass is 9.75. The van der Waals surface area contributed by atoms with Gasteiger partial charge in [-0.1, -0.05) is 18.2 Å². The van der Waals surface area contributed by atoms with Gasteiger partial charge in [0.25, 0.3) is 0 Å². The molecule has 10 heteroatoms. The van der Waals surface area contributed by atoms with Crippen LogP contribution in [0.5, 0.6) is 0 Å². The number of alkyl halides is 2. The van der Waals surface area contributed by atoms with E-state index < -0.39 is 30.7 Å². The van der Waals surface area contributed by atoms with Crippen LogP contribution < -0.4 is 10.2 Å². The van der Waals surface area contributed by atoms with Crippen molar-refractivity contribution in [3.8, 4) is 11.1 Å². The van der Waals surface area contributed by atoms with Gasteiger partial charge in [-0.2, -0.15) is 0 Å². The second-order valence-electron chi connectivity index (χ2n) is 10.5. The van der Waals surface area contributed by atoms with Crippen molar-refractivity contribution in [2.24, 2.45) is 16.8 Å². The highest BCUT2D eigenvalue weighted by atomic mass is 19.3. The van der Waals surface area contributed by atoms with Crippen LogP contribution in [0.1, 0.15) is 48.7 Å². The third-order valence-corrected chi connectivity index (χ3v) is 7.59. The number of aromatic nitrogens is 2. The number of esters is 1. The van der Waals surface area contributed by atoms with Crippen LogP contribution in [0, 0.1) is 17.2 Å². The molecular formula is C31H34F2N6O2. The summed E-state index contributed by atoms with van der Waals surface area (Å²) < 4.78 is 33.0. The third kappa shape index (κ3) is 6.42. The van der Waals surface area contributed by atoms with E-state index in [2.05, 4.69) is 20.2 Å². The molecule has 3 aromatic rings. The second-order valence-corrected chi connectivity index (χ2v) is 10.5. The number of benzene rings is 1. The number of piperidine rings is 1. The number of halogens is 2. The Labute approximate surface area is 238 Å². The molecule has 0 radical (unpaired) electrons. The fourth-order valence-corrected chi connectivity index (χ4v) is 5.39. The molecule has 2 aliphatic rings. The van der Waals surface area contributed by atoms with E-state index in [-0.39, 0.29) is 23.8 Å². The van der Waals surface area contributed by atoms with Gasteiger partial charge in [-0.15, -0.1) is 0 Å². The number of aliphatic imine (C=N–C) groups is 1. The van der Waals surface area contributed by atoms with Crippen LogP contribution in [-0.2, 0) is 4.74 Å². The number of hydrogen-bond acceptors (Lipinski definition) is 8. The number of pyridine rings is 2. The van der Waals surface area contributed by atoms with Crippen LogP contribution in [0.2, 0.25) is 0 Å². The average Bonchev–Trinajstić information content (AvgIpc) is 2.96. The Hall–Kier alpha value is -4.21. The molecule has 0 amide bonds. The number of rotatable bonds is 9. The molecule has 2 fully saturated rings. The Balaban J connectivity index is 1.55. The number of nitrogens with one attached hydrogen (secondary N) is 2. The highest BCUT2D eigenvalue weighted by Gasteiger charge is 2.48. The molecule has 1 aliphatic heterocycles. The Morgan fingerprint density at radius 1 is 1.20 bits per heavy atom. The predicted molar refractivity (Wildman–Crippen MR) is 157 cm³/mol. The summed E-state index contributed by atoms with van der Waals surface area (Å²) in [7, 11) is 1.80. The van der Waals surface area contributed by atoms with E-state index in [1.807, 2.05) is 48.7 Å². The van der Waals surface area contributed by atoms with Gasteiger partial charge in [0, 0.05) is 73.8 Å². The number of para-hydroxylation sites is 1. The number of hydrogen-bond donors (Lipinski definition) is 2. The fraction of sp³-hybridized carbons (Fsp3) is 0.387. The molecule has 3 heterocycles. The number of ether oxygens (including phenoxy) is 1. The van der Waals surface area contributed by atoms with E-state index in [9.17, 15) is 13.6 Å². The Kier molecular flexibility index (Phi) is 8.37. The van der Waals surface area contributed by atoms with Gasteiger partial charge in [-0.3, -0.25) is 0 Å². The molecule has 1 saturated carbocycles. The summed E-state index contributed by atoms with van der Waals surface area (Å²) in [5.74, 6) is -2.49. The highest BCUT2D eigenvalue weighted by molar-refractivity contribution is 6.11. The summed E-state index contributed by atoms with van der Waals surface area (Å²) in [4.78, 5) is 28.5. The summed E-state index contributed by atoms with van der Waals surface area (Å²) in [6.07, 6.45) is 4.91. The van der Waals surface area contributed by atoms with Gasteiger partial charge < -0.3 is 25.4 Å². The van der Waals surface area contributed by atoms with Gasteiger partial charge in [0.05, 0.1) is 6.61 Å². The van der Waals surface area contributed by atoms with Gasteiger partial charge >= 0.3 is 5.97 Å². The molecule has 1 aromatic carbocycles. The van der Waals surface area contributed by atoms with E-state index in [1.54, 1.807) is 26.2 Å². The van der Waals surface area contributed by atoms with Crippen LogP contribution in [-0.4, -0.2) is 60.5 Å². The molecule has 0 atom stereocenters. The average molecular weight is 561 g/mol. The first kappa shape index (κ1) is 28.3. The first-order chi connectivity index (χ1) is 19.8. The lowest BCUT2D eigenvalue weighted by molar-refractivity contribution is -0.0909. The van der Waals surface area contributed by atoms with E-state index in [4.69, 9.17) is 15.1 Å². The number of carbonyl (C=O) groups is 1. The molecule has 0 spiro atoms. The number of nitrogens with zero attached hydrogens (tertiary/aromatic N) is 4. The van der Waals surface area contributed by atoms with Crippen LogP contribution >= 0.6 is 0 Å². The van der Waals surface area contributed by atoms with Crippen molar-refractivity contribution >= 4 is 35.2 Å². The topological polar surface area (TPSA) is 104 Å². The summed E-state index contributed by atoms with van der Waals surface area (Å²) >= 11 is 0. The molecule has 8 nitrogen and oxygen atoms in total. The minimum Gasteiger partial charge on any atom is -0.461 e. The largest absolute Gasteiger partial charge is 0.461 e. The lowest BCUT2D eigenvalue weighted by Crippen LogP contribution is -2.40. The molecule has 1 saturated heterocycles. The monoisotopic (exact) mass is 560 g/mol. The summed E-state index contributed by atoms with van der Waals surface area (Å²) in [5, 5.41) is 12.2. The smallest absolute Gasteiger partial charge is 0.357 e. The molecule has 2 aromatic heterocycles. The van der Waals surface area contributed by atoms with Crippen LogP contribution in [0.15, 0.2) is 59.7 Å². The van der Waals surface area contributed by atoms with Crippen LogP contribution in [0.25, 0.3) is 11.1 Å². The molecule has 0 unspecified atom stereocenters. The molecule has 214 valence electrons. The van der Waals surface area contributed by atoms with Gasteiger partial charge in [-0.05, 0) is 61.6 Å². The van der Waals surface area contributed by atoms with E-state index >= 15 is 0 Å². The quantitative estimate of drug-likeness (QED) is 0.232. The summed E-state index contributed by atoms with van der Waals surface area (Å²) in [6.45, 7) is 3.61. The zero-order valence-corrected chi connectivity index (χ0v) is 23.2. The fourth-order valence-electron chi connectivity index (χ4n) is 5.39.